The summed E-state index contributed by atoms with van der Waals surface area (Å²) in [6, 6.07) is 18.9. The molecule has 1 amide bonds. The van der Waals surface area contributed by atoms with E-state index in [4.69, 9.17) is 4.74 Å². The normalized spacial score (nSPS) is 15.4. The van der Waals surface area contributed by atoms with Gasteiger partial charge in [0.15, 0.2) is 0 Å². The van der Waals surface area contributed by atoms with Gasteiger partial charge in [0.05, 0.1) is 13.0 Å². The average Bonchev–Trinajstić information content (AvgIpc) is 2.71. The van der Waals surface area contributed by atoms with Gasteiger partial charge in [-0.1, -0.05) is 49.4 Å². The minimum atomic E-state index is 0.0849. The summed E-state index contributed by atoms with van der Waals surface area (Å²) in [6.45, 7) is 5.60. The summed E-state index contributed by atoms with van der Waals surface area (Å²) in [6.07, 6.45) is 3.45. The van der Waals surface area contributed by atoms with Gasteiger partial charge in [0.1, 0.15) is 5.75 Å². The van der Waals surface area contributed by atoms with Crippen molar-refractivity contribution in [2.75, 3.05) is 19.7 Å². The van der Waals surface area contributed by atoms with Crippen molar-refractivity contribution < 1.29 is 9.53 Å². The van der Waals surface area contributed by atoms with Crippen LogP contribution in [-0.2, 0) is 17.8 Å². The first-order valence-electron chi connectivity index (χ1n) is 10.0. The molecule has 3 rings (SSSR count). The maximum Gasteiger partial charge on any atom is 0.223 e. The number of aryl methyl sites for hydroxylation is 1. The van der Waals surface area contributed by atoms with E-state index in [0.717, 1.165) is 44.6 Å². The van der Waals surface area contributed by atoms with E-state index in [9.17, 15) is 4.79 Å². The molecule has 0 radical (unpaired) electrons. The minimum absolute atomic E-state index is 0.0849. The Bertz CT molecular complexity index is 692. The highest BCUT2D eigenvalue weighted by atomic mass is 16.5. The lowest BCUT2D eigenvalue weighted by Crippen LogP contribution is -2.44. The largest absolute Gasteiger partial charge is 0.493 e. The first kappa shape index (κ1) is 19.4. The monoisotopic (exact) mass is 366 g/mol. The third kappa shape index (κ3) is 6.40. The molecular formula is C23H30N2O2. The van der Waals surface area contributed by atoms with Crippen molar-refractivity contribution in [1.29, 1.82) is 0 Å². The molecule has 1 N–H and O–H groups in total. The molecule has 1 aliphatic rings. The number of hydrogen-bond donors (Lipinski definition) is 1. The highest BCUT2D eigenvalue weighted by molar-refractivity contribution is 5.76. The number of piperidine rings is 1. The number of hydrogen-bond acceptors (Lipinski definition) is 3. The van der Waals surface area contributed by atoms with Crippen LogP contribution in [0.15, 0.2) is 54.6 Å². The van der Waals surface area contributed by atoms with Gasteiger partial charge in [-0.05, 0) is 42.5 Å². The molecule has 1 saturated heterocycles. The minimum Gasteiger partial charge on any atom is -0.493 e. The van der Waals surface area contributed by atoms with E-state index in [2.05, 4.69) is 59.6 Å². The van der Waals surface area contributed by atoms with Gasteiger partial charge < -0.3 is 10.1 Å². The summed E-state index contributed by atoms with van der Waals surface area (Å²) >= 11 is 0. The maximum atomic E-state index is 12.2. The zero-order valence-corrected chi connectivity index (χ0v) is 16.2. The molecule has 1 aliphatic heterocycles. The number of likely N-dealkylation sites (tertiary alicyclic amines) is 1. The molecule has 0 atom stereocenters. The lowest BCUT2D eigenvalue weighted by atomic mass is 10.0. The summed E-state index contributed by atoms with van der Waals surface area (Å²) in [4.78, 5) is 14.6. The molecule has 0 aliphatic carbocycles. The molecule has 0 aromatic heterocycles. The molecule has 0 spiro atoms. The van der Waals surface area contributed by atoms with E-state index in [-0.39, 0.29) is 11.9 Å². The SMILES string of the molecule is CCc1ccc(OCCC(=O)NC2CCN(Cc3ccccc3)CC2)cc1. The van der Waals surface area contributed by atoms with Crippen LogP contribution in [-0.4, -0.2) is 36.5 Å². The van der Waals surface area contributed by atoms with E-state index in [1.807, 2.05) is 12.1 Å². The van der Waals surface area contributed by atoms with Crippen LogP contribution in [0.4, 0.5) is 0 Å². The van der Waals surface area contributed by atoms with Gasteiger partial charge in [-0.15, -0.1) is 0 Å². The third-order valence-corrected chi connectivity index (χ3v) is 5.13. The first-order chi connectivity index (χ1) is 13.2. The molecule has 0 saturated carbocycles. The molecule has 4 nitrogen and oxygen atoms in total. The van der Waals surface area contributed by atoms with Crippen molar-refractivity contribution in [2.24, 2.45) is 0 Å². The van der Waals surface area contributed by atoms with E-state index < -0.39 is 0 Å². The average molecular weight is 367 g/mol. The standard InChI is InChI=1S/C23H30N2O2/c1-2-19-8-10-22(11-9-19)27-17-14-23(26)24-21-12-15-25(16-13-21)18-20-6-4-3-5-7-20/h3-11,21H,2,12-18H2,1H3,(H,24,26). The Morgan fingerprint density at radius 1 is 1.04 bits per heavy atom. The third-order valence-electron chi connectivity index (χ3n) is 5.13. The number of nitrogens with one attached hydrogen (secondary N) is 1. The smallest absolute Gasteiger partial charge is 0.223 e. The van der Waals surface area contributed by atoms with Crippen molar-refractivity contribution >= 4 is 5.91 Å². The number of carbonyl (C=O) groups is 1. The second-order valence-corrected chi connectivity index (χ2v) is 7.20. The predicted octanol–water partition coefficient (Wildman–Crippen LogP) is 3.80. The van der Waals surface area contributed by atoms with Crippen LogP contribution in [0, 0.1) is 0 Å². The molecule has 144 valence electrons. The number of rotatable bonds is 8. The van der Waals surface area contributed by atoms with Crippen molar-refractivity contribution in [3.05, 3.63) is 65.7 Å². The molecule has 2 aromatic rings. The van der Waals surface area contributed by atoms with Crippen LogP contribution >= 0.6 is 0 Å². The number of amides is 1. The zero-order valence-electron chi connectivity index (χ0n) is 16.2. The van der Waals surface area contributed by atoms with Crippen LogP contribution in [0.2, 0.25) is 0 Å². The summed E-state index contributed by atoms with van der Waals surface area (Å²) < 4.78 is 5.68. The number of carbonyl (C=O) groups excluding carboxylic acids is 1. The highest BCUT2D eigenvalue weighted by Gasteiger charge is 2.20. The molecule has 1 heterocycles. The van der Waals surface area contributed by atoms with Gasteiger partial charge in [-0.3, -0.25) is 9.69 Å². The second kappa shape index (κ2) is 10.1. The Hall–Kier alpha value is -2.33. The topological polar surface area (TPSA) is 41.6 Å². The van der Waals surface area contributed by atoms with Crippen LogP contribution in [0.3, 0.4) is 0 Å². The number of nitrogens with zero attached hydrogens (tertiary/aromatic N) is 1. The lowest BCUT2D eigenvalue weighted by molar-refractivity contribution is -0.122. The number of benzene rings is 2. The molecular weight excluding hydrogens is 336 g/mol. The molecule has 4 heteroatoms. The van der Waals surface area contributed by atoms with Gasteiger partial charge in [-0.2, -0.15) is 0 Å². The molecule has 27 heavy (non-hydrogen) atoms. The Morgan fingerprint density at radius 2 is 1.74 bits per heavy atom. The Kier molecular flexibility index (Phi) is 7.28. The summed E-state index contributed by atoms with van der Waals surface area (Å²) in [5.74, 6) is 0.913. The van der Waals surface area contributed by atoms with Crippen LogP contribution in [0.1, 0.15) is 37.3 Å². The Labute approximate surface area is 162 Å². The van der Waals surface area contributed by atoms with Gasteiger partial charge in [0, 0.05) is 25.7 Å². The molecule has 0 unspecified atom stereocenters. The van der Waals surface area contributed by atoms with Crippen molar-refractivity contribution in [2.45, 2.75) is 45.2 Å². The fourth-order valence-corrected chi connectivity index (χ4v) is 3.46. The lowest BCUT2D eigenvalue weighted by Gasteiger charge is -2.32. The quantitative estimate of drug-likeness (QED) is 0.773. The van der Waals surface area contributed by atoms with E-state index in [0.29, 0.717) is 13.0 Å². The van der Waals surface area contributed by atoms with E-state index in [1.54, 1.807) is 0 Å². The molecule has 0 bridgehead atoms. The highest BCUT2D eigenvalue weighted by Crippen LogP contribution is 2.15. The van der Waals surface area contributed by atoms with Gasteiger partial charge in [0.2, 0.25) is 5.91 Å². The summed E-state index contributed by atoms with van der Waals surface area (Å²) in [5, 5.41) is 3.16. The van der Waals surface area contributed by atoms with Crippen LogP contribution in [0.25, 0.3) is 0 Å². The fraction of sp³-hybridized carbons (Fsp3) is 0.435. The van der Waals surface area contributed by atoms with Gasteiger partial charge in [-0.25, -0.2) is 0 Å². The Balaban J connectivity index is 1.32. The van der Waals surface area contributed by atoms with Crippen molar-refractivity contribution in [3.8, 4) is 5.75 Å². The van der Waals surface area contributed by atoms with E-state index >= 15 is 0 Å². The molecule has 2 aromatic carbocycles. The second-order valence-electron chi connectivity index (χ2n) is 7.20. The van der Waals surface area contributed by atoms with Crippen molar-refractivity contribution in [3.63, 3.8) is 0 Å². The maximum absolute atomic E-state index is 12.2. The fourth-order valence-electron chi connectivity index (χ4n) is 3.46. The summed E-state index contributed by atoms with van der Waals surface area (Å²) in [7, 11) is 0. The van der Waals surface area contributed by atoms with Gasteiger partial charge in [0.25, 0.3) is 0 Å². The first-order valence-corrected chi connectivity index (χ1v) is 10.0. The van der Waals surface area contributed by atoms with Crippen LogP contribution < -0.4 is 10.1 Å². The van der Waals surface area contributed by atoms with Crippen LogP contribution in [0.5, 0.6) is 5.75 Å². The summed E-state index contributed by atoms with van der Waals surface area (Å²) in [5.41, 5.74) is 2.64. The molecule has 1 fully saturated rings. The number of ether oxygens (including phenoxy) is 1. The van der Waals surface area contributed by atoms with Crippen molar-refractivity contribution in [1.82, 2.24) is 10.2 Å². The Morgan fingerprint density at radius 3 is 2.41 bits per heavy atom. The van der Waals surface area contributed by atoms with Gasteiger partial charge >= 0.3 is 0 Å². The predicted molar refractivity (Wildman–Crippen MR) is 109 cm³/mol. The zero-order chi connectivity index (χ0) is 18.9. The van der Waals surface area contributed by atoms with E-state index in [1.165, 1.54) is 11.1 Å².